The van der Waals surface area contributed by atoms with Crippen LogP contribution in [0.4, 0.5) is 0 Å². The fraction of sp³-hybridized carbons (Fsp3) is 0.333. The molecule has 0 saturated heterocycles. The summed E-state index contributed by atoms with van der Waals surface area (Å²) in [5.41, 5.74) is 3.98. The van der Waals surface area contributed by atoms with Crippen molar-refractivity contribution in [1.82, 2.24) is 5.32 Å². The molecule has 0 saturated carbocycles. The third kappa shape index (κ3) is 3.09. The first-order chi connectivity index (χ1) is 10.8. The van der Waals surface area contributed by atoms with Gasteiger partial charge >= 0.3 is 0 Å². The van der Waals surface area contributed by atoms with E-state index < -0.39 is 0 Å². The standard InChI is InChI=1S/C18H19NO3.ClH/c1-20-14-4-2-12(3-5-14)8-16-15-10-18-17(21-11-22-18)9-13(15)6-7-19-16;/h2-5,9-10,16,19H,6-8,11H2,1H3;1H/t16-;/m1./s1. The zero-order chi connectivity index (χ0) is 14.9. The van der Waals surface area contributed by atoms with Crippen LogP contribution < -0.4 is 19.5 Å². The summed E-state index contributed by atoms with van der Waals surface area (Å²) in [5, 5.41) is 3.62. The maximum Gasteiger partial charge on any atom is 0.231 e. The largest absolute Gasteiger partial charge is 0.497 e. The van der Waals surface area contributed by atoms with Crippen LogP contribution in [0.1, 0.15) is 22.7 Å². The van der Waals surface area contributed by atoms with Crippen LogP contribution in [0.2, 0.25) is 0 Å². The van der Waals surface area contributed by atoms with Crippen LogP contribution in [-0.4, -0.2) is 20.4 Å². The average molecular weight is 334 g/mol. The zero-order valence-corrected chi connectivity index (χ0v) is 13.8. The SMILES string of the molecule is COc1ccc(C[C@H]2NCCc3cc4c(cc32)OCO4)cc1.Cl. The number of methoxy groups -OCH3 is 1. The maximum absolute atomic E-state index is 5.53. The number of hydrogen-bond donors (Lipinski definition) is 1. The Labute approximate surface area is 142 Å². The van der Waals surface area contributed by atoms with Crippen molar-refractivity contribution in [3.63, 3.8) is 0 Å². The second-order valence-corrected chi connectivity index (χ2v) is 5.71. The molecule has 0 bridgehead atoms. The van der Waals surface area contributed by atoms with Gasteiger partial charge in [0.15, 0.2) is 11.5 Å². The number of hydrogen-bond acceptors (Lipinski definition) is 4. The Morgan fingerprint density at radius 2 is 1.87 bits per heavy atom. The van der Waals surface area contributed by atoms with Gasteiger partial charge in [0.25, 0.3) is 0 Å². The van der Waals surface area contributed by atoms with Crippen LogP contribution in [0.15, 0.2) is 36.4 Å². The highest BCUT2D eigenvalue weighted by molar-refractivity contribution is 5.85. The number of benzene rings is 2. The van der Waals surface area contributed by atoms with Gasteiger partial charge in [-0.1, -0.05) is 12.1 Å². The Bertz CT molecular complexity index is 687. The first kappa shape index (κ1) is 16.0. The lowest BCUT2D eigenvalue weighted by Gasteiger charge is -2.27. The molecule has 0 amide bonds. The fourth-order valence-electron chi connectivity index (χ4n) is 3.21. The molecule has 4 nitrogen and oxygen atoms in total. The zero-order valence-electron chi connectivity index (χ0n) is 13.0. The molecule has 0 aliphatic carbocycles. The Balaban J connectivity index is 0.00000156. The number of nitrogens with one attached hydrogen (secondary N) is 1. The monoisotopic (exact) mass is 333 g/mol. The van der Waals surface area contributed by atoms with E-state index in [9.17, 15) is 0 Å². The minimum absolute atomic E-state index is 0. The third-order valence-electron chi connectivity index (χ3n) is 4.39. The predicted molar refractivity (Wildman–Crippen MR) is 91.0 cm³/mol. The molecule has 1 atom stereocenters. The summed E-state index contributed by atoms with van der Waals surface area (Å²) in [6.07, 6.45) is 1.99. The van der Waals surface area contributed by atoms with Crippen molar-refractivity contribution in [3.05, 3.63) is 53.1 Å². The van der Waals surface area contributed by atoms with Gasteiger partial charge in [-0.05, 0) is 60.3 Å². The van der Waals surface area contributed by atoms with Crippen LogP contribution in [-0.2, 0) is 12.8 Å². The first-order valence-corrected chi connectivity index (χ1v) is 7.62. The topological polar surface area (TPSA) is 39.7 Å². The van der Waals surface area contributed by atoms with Crippen molar-refractivity contribution in [2.45, 2.75) is 18.9 Å². The molecule has 2 aromatic rings. The maximum atomic E-state index is 5.53. The minimum Gasteiger partial charge on any atom is -0.497 e. The van der Waals surface area contributed by atoms with Crippen molar-refractivity contribution < 1.29 is 14.2 Å². The van der Waals surface area contributed by atoms with E-state index in [1.54, 1.807) is 7.11 Å². The lowest BCUT2D eigenvalue weighted by molar-refractivity contribution is 0.174. The summed E-state index contributed by atoms with van der Waals surface area (Å²) in [7, 11) is 1.69. The van der Waals surface area contributed by atoms with E-state index in [0.29, 0.717) is 12.8 Å². The molecular weight excluding hydrogens is 314 g/mol. The molecule has 2 aliphatic heterocycles. The van der Waals surface area contributed by atoms with Gasteiger partial charge in [-0.2, -0.15) is 0 Å². The van der Waals surface area contributed by atoms with E-state index in [1.165, 1.54) is 16.7 Å². The summed E-state index contributed by atoms with van der Waals surface area (Å²) >= 11 is 0. The van der Waals surface area contributed by atoms with Crippen molar-refractivity contribution in [3.8, 4) is 17.2 Å². The Hall–Kier alpha value is -1.91. The molecule has 2 aromatic carbocycles. The highest BCUT2D eigenvalue weighted by Crippen LogP contribution is 2.39. The van der Waals surface area contributed by atoms with Crippen LogP contribution in [0, 0.1) is 0 Å². The number of rotatable bonds is 3. The van der Waals surface area contributed by atoms with Crippen LogP contribution >= 0.6 is 12.4 Å². The fourth-order valence-corrected chi connectivity index (χ4v) is 3.21. The molecule has 122 valence electrons. The molecule has 5 heteroatoms. The Morgan fingerprint density at radius 1 is 1.13 bits per heavy atom. The van der Waals surface area contributed by atoms with Gasteiger partial charge in [0.05, 0.1) is 7.11 Å². The molecule has 4 rings (SSSR count). The molecule has 0 unspecified atom stereocenters. The van der Waals surface area contributed by atoms with Gasteiger partial charge < -0.3 is 19.5 Å². The summed E-state index contributed by atoms with van der Waals surface area (Å²) in [6.45, 7) is 1.32. The summed E-state index contributed by atoms with van der Waals surface area (Å²) < 4.78 is 16.2. The molecular formula is C18H20ClNO3. The van der Waals surface area contributed by atoms with Crippen molar-refractivity contribution in [2.75, 3.05) is 20.4 Å². The summed E-state index contributed by atoms with van der Waals surface area (Å²) in [6, 6.07) is 12.9. The van der Waals surface area contributed by atoms with E-state index in [2.05, 4.69) is 29.6 Å². The van der Waals surface area contributed by atoms with E-state index in [1.807, 2.05) is 12.1 Å². The van der Waals surface area contributed by atoms with E-state index in [0.717, 1.165) is 36.6 Å². The van der Waals surface area contributed by atoms with Crippen LogP contribution in [0.5, 0.6) is 17.2 Å². The molecule has 1 N–H and O–H groups in total. The second kappa shape index (κ2) is 6.69. The minimum atomic E-state index is 0. The van der Waals surface area contributed by atoms with Gasteiger partial charge in [-0.3, -0.25) is 0 Å². The number of fused-ring (bicyclic) bond motifs is 2. The molecule has 2 aliphatic rings. The van der Waals surface area contributed by atoms with Gasteiger partial charge in [-0.15, -0.1) is 12.4 Å². The lowest BCUT2D eigenvalue weighted by atomic mass is 9.90. The van der Waals surface area contributed by atoms with Gasteiger partial charge in [-0.25, -0.2) is 0 Å². The van der Waals surface area contributed by atoms with E-state index in [4.69, 9.17) is 14.2 Å². The summed E-state index contributed by atoms with van der Waals surface area (Å²) in [4.78, 5) is 0. The quantitative estimate of drug-likeness (QED) is 0.935. The van der Waals surface area contributed by atoms with E-state index >= 15 is 0 Å². The van der Waals surface area contributed by atoms with Crippen molar-refractivity contribution >= 4 is 12.4 Å². The Morgan fingerprint density at radius 3 is 2.61 bits per heavy atom. The molecule has 0 fully saturated rings. The highest BCUT2D eigenvalue weighted by Gasteiger charge is 2.24. The first-order valence-electron chi connectivity index (χ1n) is 7.62. The van der Waals surface area contributed by atoms with Crippen molar-refractivity contribution in [1.29, 1.82) is 0 Å². The average Bonchev–Trinajstić information content (AvgIpc) is 3.01. The molecule has 2 heterocycles. The number of ether oxygens (including phenoxy) is 3. The lowest BCUT2D eigenvalue weighted by Crippen LogP contribution is -2.31. The van der Waals surface area contributed by atoms with Crippen molar-refractivity contribution in [2.24, 2.45) is 0 Å². The highest BCUT2D eigenvalue weighted by atomic mass is 35.5. The van der Waals surface area contributed by atoms with Crippen LogP contribution in [0.3, 0.4) is 0 Å². The van der Waals surface area contributed by atoms with Gasteiger partial charge in [0.1, 0.15) is 5.75 Å². The molecule has 0 spiro atoms. The second-order valence-electron chi connectivity index (χ2n) is 5.71. The molecule has 0 radical (unpaired) electrons. The molecule has 23 heavy (non-hydrogen) atoms. The summed E-state index contributed by atoms with van der Waals surface area (Å²) in [5.74, 6) is 2.63. The Kier molecular flexibility index (Phi) is 4.64. The third-order valence-corrected chi connectivity index (χ3v) is 4.39. The molecule has 0 aromatic heterocycles. The van der Waals surface area contributed by atoms with Gasteiger partial charge in [0, 0.05) is 6.04 Å². The van der Waals surface area contributed by atoms with Gasteiger partial charge in [0.2, 0.25) is 6.79 Å². The van der Waals surface area contributed by atoms with Crippen LogP contribution in [0.25, 0.3) is 0 Å². The smallest absolute Gasteiger partial charge is 0.231 e. The predicted octanol–water partition coefficient (Wildman–Crippen LogP) is 3.28. The van der Waals surface area contributed by atoms with E-state index in [-0.39, 0.29) is 12.4 Å². The normalized spacial score (nSPS) is 18.0. The number of halogens is 1.